The molecule has 0 rings (SSSR count). The molecule has 0 saturated heterocycles. The summed E-state index contributed by atoms with van der Waals surface area (Å²) in [6.07, 6.45) is 21.4. The molecule has 2 N–H and O–H groups in total. The normalized spacial score (nSPS) is 13.4. The number of hydrogen-bond donors (Lipinski definition) is 2. The third-order valence-corrected chi connectivity index (χ3v) is 6.03. The molecule has 0 saturated carbocycles. The zero-order chi connectivity index (χ0) is 24.4. The van der Waals surface area contributed by atoms with Crippen LogP contribution < -0.4 is 5.32 Å². The summed E-state index contributed by atoms with van der Waals surface area (Å²) < 4.78 is 11.6. The molecule has 0 amide bonds. The fraction of sp³-hybridized carbons (Fsp3) is 0.926. The van der Waals surface area contributed by atoms with Gasteiger partial charge in [-0.25, -0.2) is 0 Å². The van der Waals surface area contributed by atoms with Gasteiger partial charge >= 0.3 is 5.97 Å². The third-order valence-electron chi connectivity index (χ3n) is 6.03. The number of aliphatic carboxylic acids is 1. The van der Waals surface area contributed by atoms with Crippen molar-refractivity contribution in [2.75, 3.05) is 19.8 Å². The number of rotatable bonds is 26. The second-order valence-electron chi connectivity index (χ2n) is 9.26. The largest absolute Gasteiger partial charge is 0.481 e. The number of ether oxygens (including phenoxy) is 2. The molecule has 2 atom stereocenters. The highest BCUT2D eigenvalue weighted by atomic mass is 16.5. The van der Waals surface area contributed by atoms with E-state index < -0.39 is 5.97 Å². The Kier molecular flexibility index (Phi) is 24.6. The van der Waals surface area contributed by atoms with Crippen LogP contribution in [0.25, 0.3) is 0 Å². The van der Waals surface area contributed by atoms with Crippen molar-refractivity contribution >= 4 is 12.4 Å². The molecule has 0 heterocycles. The van der Waals surface area contributed by atoms with E-state index in [0.717, 1.165) is 58.0 Å². The van der Waals surface area contributed by atoms with E-state index in [9.17, 15) is 4.79 Å². The summed E-state index contributed by atoms with van der Waals surface area (Å²) in [4.78, 5) is 14.9. The number of carbonyl (C=O) groups is 1. The van der Waals surface area contributed by atoms with Crippen LogP contribution in [-0.4, -0.2) is 49.5 Å². The molecule has 0 radical (unpaired) electrons. The molecule has 0 spiro atoms. The number of nitrogens with one attached hydrogen (secondary N) is 1. The van der Waals surface area contributed by atoms with E-state index in [4.69, 9.17) is 14.6 Å². The van der Waals surface area contributed by atoms with Crippen LogP contribution in [-0.2, 0) is 14.3 Å². The molecule has 33 heavy (non-hydrogen) atoms. The quantitative estimate of drug-likeness (QED) is 0.0609. The maximum absolute atomic E-state index is 10.5. The molecule has 0 bridgehead atoms. The fourth-order valence-corrected chi connectivity index (χ4v) is 3.72. The summed E-state index contributed by atoms with van der Waals surface area (Å²) in [5.74, 6) is -0.713. The number of aliphatic imine (C=N–C) groups is 1. The second kappa shape index (κ2) is 25.5. The van der Waals surface area contributed by atoms with Crippen LogP contribution in [0.3, 0.4) is 0 Å². The number of hydrogen-bond acceptors (Lipinski definition) is 5. The molecule has 0 aliphatic rings. The van der Waals surface area contributed by atoms with E-state index in [2.05, 4.69) is 31.1 Å². The first kappa shape index (κ1) is 31.9. The molecule has 2 unspecified atom stereocenters. The van der Waals surface area contributed by atoms with Gasteiger partial charge in [0.05, 0.1) is 18.9 Å². The molecule has 6 nitrogen and oxygen atoms in total. The van der Waals surface area contributed by atoms with Crippen molar-refractivity contribution in [3.05, 3.63) is 0 Å². The Bertz CT molecular complexity index is 446. The van der Waals surface area contributed by atoms with Gasteiger partial charge in [0.25, 0.3) is 0 Å². The molecule has 6 heteroatoms. The third kappa shape index (κ3) is 25.3. The Morgan fingerprint density at radius 3 is 2.18 bits per heavy atom. The van der Waals surface area contributed by atoms with Crippen LogP contribution in [0, 0.1) is 0 Å². The van der Waals surface area contributed by atoms with Crippen molar-refractivity contribution in [1.29, 1.82) is 0 Å². The van der Waals surface area contributed by atoms with Gasteiger partial charge in [0.1, 0.15) is 0 Å². The van der Waals surface area contributed by atoms with E-state index >= 15 is 0 Å². The molecule has 0 aromatic heterocycles. The average Bonchev–Trinajstić information content (AvgIpc) is 2.80. The lowest BCUT2D eigenvalue weighted by Crippen LogP contribution is -2.24. The highest BCUT2D eigenvalue weighted by molar-refractivity contribution is 5.66. The van der Waals surface area contributed by atoms with Crippen molar-refractivity contribution < 1.29 is 19.4 Å². The Hall–Kier alpha value is -1.14. The Labute approximate surface area is 204 Å². The van der Waals surface area contributed by atoms with Crippen molar-refractivity contribution in [3.63, 3.8) is 0 Å². The minimum absolute atomic E-state index is 0.186. The van der Waals surface area contributed by atoms with Crippen LogP contribution in [0.4, 0.5) is 0 Å². The molecule has 0 aliphatic carbocycles. The van der Waals surface area contributed by atoms with Crippen molar-refractivity contribution in [1.82, 2.24) is 5.32 Å². The molecule has 0 aromatic rings. The van der Waals surface area contributed by atoms with Gasteiger partial charge in [-0.05, 0) is 52.0 Å². The van der Waals surface area contributed by atoms with E-state index in [1.54, 1.807) is 6.40 Å². The second-order valence-corrected chi connectivity index (χ2v) is 9.26. The van der Waals surface area contributed by atoms with Crippen LogP contribution in [0.2, 0.25) is 0 Å². The molecular weight excluding hydrogens is 416 g/mol. The minimum atomic E-state index is -0.713. The Morgan fingerprint density at radius 1 is 0.909 bits per heavy atom. The zero-order valence-electron chi connectivity index (χ0n) is 22.0. The van der Waals surface area contributed by atoms with Crippen molar-refractivity contribution in [2.45, 2.75) is 142 Å². The smallest absolute Gasteiger partial charge is 0.303 e. The van der Waals surface area contributed by atoms with Crippen LogP contribution in [0.5, 0.6) is 0 Å². The van der Waals surface area contributed by atoms with Crippen LogP contribution in [0.15, 0.2) is 4.99 Å². The predicted octanol–water partition coefficient (Wildman–Crippen LogP) is 7.11. The summed E-state index contributed by atoms with van der Waals surface area (Å²) >= 11 is 0. The molecule has 0 aromatic carbocycles. The molecular formula is C27H54N2O4. The first-order chi connectivity index (χ1) is 16.1. The van der Waals surface area contributed by atoms with Crippen molar-refractivity contribution in [2.24, 2.45) is 4.99 Å². The van der Waals surface area contributed by atoms with Gasteiger partial charge in [0.15, 0.2) is 6.40 Å². The minimum Gasteiger partial charge on any atom is -0.481 e. The van der Waals surface area contributed by atoms with Crippen LogP contribution >= 0.6 is 0 Å². The first-order valence-corrected chi connectivity index (χ1v) is 13.8. The lowest BCUT2D eigenvalue weighted by Gasteiger charge is -2.18. The predicted molar refractivity (Wildman–Crippen MR) is 139 cm³/mol. The summed E-state index contributed by atoms with van der Waals surface area (Å²) in [5.41, 5.74) is 0. The monoisotopic (exact) mass is 470 g/mol. The zero-order valence-corrected chi connectivity index (χ0v) is 22.0. The lowest BCUT2D eigenvalue weighted by molar-refractivity contribution is -0.137. The van der Waals surface area contributed by atoms with Gasteiger partial charge in [-0.15, -0.1) is 0 Å². The summed E-state index contributed by atoms with van der Waals surface area (Å²) in [6.45, 7) is 8.79. The summed E-state index contributed by atoms with van der Waals surface area (Å²) in [6, 6.07) is 0. The SMILES string of the molecule is CCCCCCCCCCCC/N=C/OC(CC)CCC(C)OCNCCCCCC(=O)O. The molecule has 0 aliphatic heterocycles. The van der Waals surface area contributed by atoms with E-state index in [0.29, 0.717) is 6.73 Å². The van der Waals surface area contributed by atoms with E-state index in [1.807, 2.05) is 0 Å². The topological polar surface area (TPSA) is 80.2 Å². The fourth-order valence-electron chi connectivity index (χ4n) is 3.72. The van der Waals surface area contributed by atoms with Crippen molar-refractivity contribution in [3.8, 4) is 0 Å². The Morgan fingerprint density at radius 2 is 1.55 bits per heavy atom. The van der Waals surface area contributed by atoms with Gasteiger partial charge < -0.3 is 14.6 Å². The van der Waals surface area contributed by atoms with Crippen LogP contribution in [0.1, 0.15) is 130 Å². The van der Waals surface area contributed by atoms with Gasteiger partial charge in [-0.2, -0.15) is 0 Å². The van der Waals surface area contributed by atoms with Gasteiger partial charge in [0.2, 0.25) is 0 Å². The van der Waals surface area contributed by atoms with Gasteiger partial charge in [0, 0.05) is 13.0 Å². The number of unbranched alkanes of at least 4 members (excludes halogenated alkanes) is 11. The van der Waals surface area contributed by atoms with E-state index in [1.165, 1.54) is 57.8 Å². The number of carboxylic acid groups (broad SMARTS) is 1. The summed E-state index contributed by atoms with van der Waals surface area (Å²) in [5, 5.41) is 11.9. The highest BCUT2D eigenvalue weighted by Crippen LogP contribution is 2.11. The van der Waals surface area contributed by atoms with E-state index in [-0.39, 0.29) is 18.6 Å². The number of carboxylic acids is 1. The Balaban J connectivity index is 3.53. The lowest BCUT2D eigenvalue weighted by atomic mass is 10.1. The van der Waals surface area contributed by atoms with Gasteiger partial charge in [-0.1, -0.05) is 78.1 Å². The maximum atomic E-state index is 10.5. The standard InChI is InChI=1S/C27H54N2O4/c1-4-6-7-8-9-10-11-12-13-16-21-29-24-33-26(5-2)20-19-25(3)32-23-28-22-17-14-15-18-27(30)31/h24-26,28H,4-23H2,1-3H3,(H,30,31)/b29-24+. The maximum Gasteiger partial charge on any atom is 0.303 e. The summed E-state index contributed by atoms with van der Waals surface area (Å²) in [7, 11) is 0. The average molecular weight is 471 g/mol. The van der Waals surface area contributed by atoms with Gasteiger partial charge in [-0.3, -0.25) is 15.1 Å². The molecule has 0 fully saturated rings. The highest BCUT2D eigenvalue weighted by Gasteiger charge is 2.09. The molecule has 196 valence electrons. The number of nitrogens with zero attached hydrogens (tertiary/aromatic N) is 1. The first-order valence-electron chi connectivity index (χ1n) is 13.8.